The van der Waals surface area contributed by atoms with Gasteiger partial charge in [-0.25, -0.2) is 0 Å². The number of nitriles is 1. The monoisotopic (exact) mass is 443 g/mol. The third-order valence-corrected chi connectivity index (χ3v) is 6.28. The molecule has 1 aromatic carbocycles. The molecular formula is C22H25N3O5S. The third kappa shape index (κ3) is 5.16. The van der Waals surface area contributed by atoms with Gasteiger partial charge in [0.1, 0.15) is 29.2 Å². The number of anilines is 1. The minimum atomic E-state index is -0.188. The standard InChI is InChI=1S/C22H25N3O5S/c1-28-13-21(27)25-9-8-16-17(11-23)22(31-19(16)12-25)24-20(26)7-4-14-10-15(29-2)5-6-18(14)30-3/h5-6,10H,4,7-9,12-13H2,1-3H3,(H,24,26). The molecule has 0 radical (unpaired) electrons. The predicted octanol–water partition coefficient (Wildman–Crippen LogP) is 2.74. The van der Waals surface area contributed by atoms with Gasteiger partial charge in [-0.1, -0.05) is 0 Å². The van der Waals surface area contributed by atoms with Crippen LogP contribution in [0.3, 0.4) is 0 Å². The average Bonchev–Trinajstić information content (AvgIpc) is 3.13. The number of fused-ring (bicyclic) bond motifs is 1. The Morgan fingerprint density at radius 2 is 2.06 bits per heavy atom. The largest absolute Gasteiger partial charge is 0.497 e. The first-order valence-electron chi connectivity index (χ1n) is 9.82. The van der Waals surface area contributed by atoms with Crippen molar-refractivity contribution in [1.82, 2.24) is 4.90 Å². The van der Waals surface area contributed by atoms with E-state index in [-0.39, 0.29) is 24.8 Å². The van der Waals surface area contributed by atoms with Crippen molar-refractivity contribution in [3.8, 4) is 17.6 Å². The molecule has 1 N–H and O–H groups in total. The van der Waals surface area contributed by atoms with Crippen molar-refractivity contribution < 1.29 is 23.8 Å². The Kier molecular flexibility index (Phi) is 7.50. The van der Waals surface area contributed by atoms with Gasteiger partial charge in [0.2, 0.25) is 11.8 Å². The molecule has 2 heterocycles. The summed E-state index contributed by atoms with van der Waals surface area (Å²) < 4.78 is 15.5. The predicted molar refractivity (Wildman–Crippen MR) is 117 cm³/mol. The van der Waals surface area contributed by atoms with E-state index in [4.69, 9.17) is 14.2 Å². The molecule has 0 saturated heterocycles. The second-order valence-electron chi connectivity index (χ2n) is 7.04. The summed E-state index contributed by atoms with van der Waals surface area (Å²) >= 11 is 1.36. The van der Waals surface area contributed by atoms with Gasteiger partial charge in [-0.05, 0) is 42.2 Å². The van der Waals surface area contributed by atoms with E-state index >= 15 is 0 Å². The molecule has 1 aliphatic heterocycles. The first-order valence-corrected chi connectivity index (χ1v) is 10.6. The van der Waals surface area contributed by atoms with Crippen molar-refractivity contribution in [1.29, 1.82) is 5.26 Å². The van der Waals surface area contributed by atoms with Gasteiger partial charge in [0.15, 0.2) is 0 Å². The number of carbonyl (C=O) groups is 2. The normalized spacial score (nSPS) is 12.6. The third-order valence-electron chi connectivity index (χ3n) is 5.15. The number of ether oxygens (including phenoxy) is 3. The lowest BCUT2D eigenvalue weighted by Crippen LogP contribution is -2.37. The number of nitrogens with one attached hydrogen (secondary N) is 1. The molecule has 8 nitrogen and oxygen atoms in total. The molecule has 0 bridgehead atoms. The molecule has 0 spiro atoms. The highest BCUT2D eigenvalue weighted by Crippen LogP contribution is 2.37. The molecule has 0 saturated carbocycles. The van der Waals surface area contributed by atoms with Crippen molar-refractivity contribution in [3.63, 3.8) is 0 Å². The second-order valence-corrected chi connectivity index (χ2v) is 8.15. The first-order chi connectivity index (χ1) is 15.0. The number of aryl methyl sites for hydroxylation is 1. The number of carbonyl (C=O) groups excluding carboxylic acids is 2. The van der Waals surface area contributed by atoms with Gasteiger partial charge in [-0.15, -0.1) is 11.3 Å². The molecule has 0 atom stereocenters. The maximum atomic E-state index is 12.6. The van der Waals surface area contributed by atoms with Crippen LogP contribution in [0.15, 0.2) is 18.2 Å². The Labute approximate surface area is 185 Å². The molecule has 164 valence electrons. The molecule has 0 fully saturated rings. The summed E-state index contributed by atoms with van der Waals surface area (Å²) in [6, 6.07) is 7.68. The minimum absolute atomic E-state index is 0.0309. The van der Waals surface area contributed by atoms with Crippen molar-refractivity contribution >= 4 is 28.2 Å². The van der Waals surface area contributed by atoms with E-state index in [0.29, 0.717) is 48.0 Å². The molecule has 1 aliphatic rings. The Morgan fingerprint density at radius 1 is 1.26 bits per heavy atom. The van der Waals surface area contributed by atoms with Crippen LogP contribution in [0.5, 0.6) is 11.5 Å². The molecule has 0 aliphatic carbocycles. The molecule has 31 heavy (non-hydrogen) atoms. The van der Waals surface area contributed by atoms with E-state index < -0.39 is 0 Å². The van der Waals surface area contributed by atoms with Crippen molar-refractivity contribution in [3.05, 3.63) is 39.8 Å². The number of rotatable bonds is 8. The molecule has 2 amide bonds. The van der Waals surface area contributed by atoms with Gasteiger partial charge in [-0.2, -0.15) is 5.26 Å². The zero-order valence-corrected chi connectivity index (χ0v) is 18.6. The number of nitrogens with zero attached hydrogens (tertiary/aromatic N) is 2. The van der Waals surface area contributed by atoms with Crippen LogP contribution in [0.2, 0.25) is 0 Å². The Hall–Kier alpha value is -3.09. The van der Waals surface area contributed by atoms with Gasteiger partial charge < -0.3 is 24.4 Å². The zero-order chi connectivity index (χ0) is 22.4. The van der Waals surface area contributed by atoms with Gasteiger partial charge in [-0.3, -0.25) is 9.59 Å². The Bertz CT molecular complexity index is 1010. The quantitative estimate of drug-likeness (QED) is 0.673. The van der Waals surface area contributed by atoms with Crippen LogP contribution in [-0.2, 0) is 33.7 Å². The number of benzene rings is 1. The van der Waals surface area contributed by atoms with E-state index in [0.717, 1.165) is 16.0 Å². The van der Waals surface area contributed by atoms with Crippen LogP contribution in [0.4, 0.5) is 5.00 Å². The van der Waals surface area contributed by atoms with E-state index in [9.17, 15) is 14.9 Å². The SMILES string of the molecule is COCC(=O)N1CCc2c(sc(NC(=O)CCc3cc(OC)ccc3OC)c2C#N)C1. The van der Waals surface area contributed by atoms with Crippen LogP contribution in [0, 0.1) is 11.3 Å². The van der Waals surface area contributed by atoms with Gasteiger partial charge in [0.25, 0.3) is 0 Å². The average molecular weight is 444 g/mol. The summed E-state index contributed by atoms with van der Waals surface area (Å²) in [5, 5.41) is 13.1. The summed E-state index contributed by atoms with van der Waals surface area (Å²) in [5.74, 6) is 1.12. The number of hydrogen-bond donors (Lipinski definition) is 1. The zero-order valence-electron chi connectivity index (χ0n) is 17.8. The van der Waals surface area contributed by atoms with Crippen LogP contribution in [0.1, 0.15) is 28.0 Å². The fraction of sp³-hybridized carbons (Fsp3) is 0.409. The van der Waals surface area contributed by atoms with Gasteiger partial charge >= 0.3 is 0 Å². The highest BCUT2D eigenvalue weighted by molar-refractivity contribution is 7.16. The fourth-order valence-electron chi connectivity index (χ4n) is 3.55. The highest BCUT2D eigenvalue weighted by Gasteiger charge is 2.27. The molecular weight excluding hydrogens is 418 g/mol. The summed E-state index contributed by atoms with van der Waals surface area (Å²) in [4.78, 5) is 27.4. The maximum Gasteiger partial charge on any atom is 0.248 e. The number of methoxy groups -OCH3 is 3. The second kappa shape index (κ2) is 10.3. The lowest BCUT2D eigenvalue weighted by atomic mass is 10.0. The number of amides is 2. The fourth-order valence-corrected chi connectivity index (χ4v) is 4.78. The van der Waals surface area contributed by atoms with E-state index in [1.165, 1.54) is 18.4 Å². The highest BCUT2D eigenvalue weighted by atomic mass is 32.1. The summed E-state index contributed by atoms with van der Waals surface area (Å²) in [6.07, 6.45) is 1.29. The topological polar surface area (TPSA) is 101 Å². The van der Waals surface area contributed by atoms with E-state index in [2.05, 4.69) is 11.4 Å². The minimum Gasteiger partial charge on any atom is -0.497 e. The van der Waals surface area contributed by atoms with Gasteiger partial charge in [0, 0.05) is 25.0 Å². The molecule has 3 rings (SSSR count). The van der Waals surface area contributed by atoms with E-state index in [1.807, 2.05) is 12.1 Å². The van der Waals surface area contributed by atoms with E-state index in [1.54, 1.807) is 25.2 Å². The molecule has 9 heteroatoms. The van der Waals surface area contributed by atoms with Crippen LogP contribution >= 0.6 is 11.3 Å². The lowest BCUT2D eigenvalue weighted by Gasteiger charge is -2.26. The summed E-state index contributed by atoms with van der Waals surface area (Å²) in [5.41, 5.74) is 2.28. The van der Waals surface area contributed by atoms with Crippen LogP contribution in [-0.4, -0.2) is 51.2 Å². The van der Waals surface area contributed by atoms with Crippen molar-refractivity contribution in [2.24, 2.45) is 0 Å². The number of thiophene rings is 1. The van der Waals surface area contributed by atoms with Crippen LogP contribution < -0.4 is 14.8 Å². The van der Waals surface area contributed by atoms with Gasteiger partial charge in [0.05, 0.1) is 26.3 Å². The Balaban J connectivity index is 1.69. The van der Waals surface area contributed by atoms with Crippen molar-refractivity contribution in [2.75, 3.05) is 39.8 Å². The molecule has 2 aromatic rings. The molecule has 1 aromatic heterocycles. The smallest absolute Gasteiger partial charge is 0.248 e. The summed E-state index contributed by atoms with van der Waals surface area (Å²) in [6.45, 7) is 0.987. The summed E-state index contributed by atoms with van der Waals surface area (Å²) in [7, 11) is 4.66. The molecule has 0 unspecified atom stereocenters. The Morgan fingerprint density at radius 3 is 2.74 bits per heavy atom. The maximum absolute atomic E-state index is 12.6. The lowest BCUT2D eigenvalue weighted by molar-refractivity contribution is -0.136. The van der Waals surface area contributed by atoms with Crippen LogP contribution in [0.25, 0.3) is 0 Å². The number of hydrogen-bond acceptors (Lipinski definition) is 7. The first kappa shape index (κ1) is 22.6. The van der Waals surface area contributed by atoms with Crippen molar-refractivity contribution in [2.45, 2.75) is 25.8 Å².